The highest BCUT2D eigenvalue weighted by molar-refractivity contribution is 7.92. The molecule has 15 heavy (non-hydrogen) atoms. The second-order valence-corrected chi connectivity index (χ2v) is 5.49. The predicted octanol–water partition coefficient (Wildman–Crippen LogP) is 2.59. The molecule has 0 fully saturated rings. The fraction of sp³-hybridized carbons (Fsp3) is 0.167. The Kier molecular flexibility index (Phi) is 3.86. The zero-order valence-corrected chi connectivity index (χ0v) is 9.44. The molecular weight excluding hydrogens is 208 g/mol. The van der Waals surface area contributed by atoms with Gasteiger partial charge in [0.25, 0.3) is 0 Å². The molecule has 80 valence electrons. The molecule has 0 N–H and O–H groups in total. The van der Waals surface area contributed by atoms with Crippen LogP contribution in [0.4, 0.5) is 0 Å². The third-order valence-corrected chi connectivity index (χ3v) is 4.14. The fourth-order valence-corrected chi connectivity index (χ4v) is 2.43. The Labute approximate surface area is 90.9 Å². The van der Waals surface area contributed by atoms with Gasteiger partial charge in [-0.15, -0.1) is 0 Å². The normalized spacial score (nSPS) is 13.9. The molecule has 0 amide bonds. The molecule has 1 aromatic carbocycles. The molecule has 0 saturated heterocycles. The molecule has 0 bridgehead atoms. The van der Waals surface area contributed by atoms with Gasteiger partial charge in [-0.3, -0.25) is 0 Å². The number of sulfone groups is 1. The molecule has 1 atom stereocenters. The van der Waals surface area contributed by atoms with Crippen LogP contribution >= 0.6 is 0 Å². The molecular formula is C12H14O2S. The topological polar surface area (TPSA) is 34.1 Å². The second kappa shape index (κ2) is 4.94. The van der Waals surface area contributed by atoms with Crippen LogP contribution in [0.3, 0.4) is 0 Å². The van der Waals surface area contributed by atoms with Crippen molar-refractivity contribution in [3.05, 3.63) is 55.1 Å². The molecule has 0 aliphatic rings. The summed E-state index contributed by atoms with van der Waals surface area (Å²) >= 11 is 0. The zero-order chi connectivity index (χ0) is 11.3. The summed E-state index contributed by atoms with van der Waals surface area (Å²) in [7, 11) is -3.25. The molecule has 1 unspecified atom stereocenters. The van der Waals surface area contributed by atoms with E-state index in [4.69, 9.17) is 0 Å². The van der Waals surface area contributed by atoms with Crippen molar-refractivity contribution in [3.8, 4) is 0 Å². The summed E-state index contributed by atoms with van der Waals surface area (Å²) < 4.78 is 23.9. The zero-order valence-electron chi connectivity index (χ0n) is 8.63. The number of hydrogen-bond donors (Lipinski definition) is 0. The fourth-order valence-electron chi connectivity index (χ4n) is 1.16. The van der Waals surface area contributed by atoms with Crippen molar-refractivity contribution in [3.63, 3.8) is 0 Å². The molecule has 3 heteroatoms. The maximum absolute atomic E-state index is 12.0. The SMILES string of the molecule is C=C/C=C/C(C)S(=O)(=O)c1ccccc1. The van der Waals surface area contributed by atoms with E-state index >= 15 is 0 Å². The van der Waals surface area contributed by atoms with Crippen LogP contribution < -0.4 is 0 Å². The van der Waals surface area contributed by atoms with E-state index in [1.54, 1.807) is 55.5 Å². The average Bonchev–Trinajstić information content (AvgIpc) is 2.27. The van der Waals surface area contributed by atoms with Crippen LogP contribution in [0.15, 0.2) is 60.0 Å². The van der Waals surface area contributed by atoms with Crippen molar-refractivity contribution in [1.29, 1.82) is 0 Å². The van der Waals surface area contributed by atoms with Crippen LogP contribution in [0.25, 0.3) is 0 Å². The largest absolute Gasteiger partial charge is 0.223 e. The molecule has 0 aliphatic heterocycles. The van der Waals surface area contributed by atoms with Crippen molar-refractivity contribution >= 4 is 9.84 Å². The Hall–Kier alpha value is -1.35. The van der Waals surface area contributed by atoms with Crippen molar-refractivity contribution in [2.45, 2.75) is 17.1 Å². The van der Waals surface area contributed by atoms with E-state index in [1.165, 1.54) is 0 Å². The second-order valence-electron chi connectivity index (χ2n) is 3.18. The minimum Gasteiger partial charge on any atom is -0.223 e. The van der Waals surface area contributed by atoms with E-state index in [1.807, 2.05) is 0 Å². The summed E-state index contributed by atoms with van der Waals surface area (Å²) in [5.74, 6) is 0. The van der Waals surface area contributed by atoms with Crippen LogP contribution in [-0.4, -0.2) is 13.7 Å². The number of rotatable bonds is 4. The first-order valence-corrected chi connectivity index (χ1v) is 6.22. The molecule has 1 rings (SSSR count). The lowest BCUT2D eigenvalue weighted by Crippen LogP contribution is -2.15. The molecule has 0 saturated carbocycles. The van der Waals surface area contributed by atoms with Gasteiger partial charge in [-0.2, -0.15) is 0 Å². The van der Waals surface area contributed by atoms with Gasteiger partial charge in [0, 0.05) is 0 Å². The van der Waals surface area contributed by atoms with E-state index in [0.29, 0.717) is 4.90 Å². The van der Waals surface area contributed by atoms with E-state index in [-0.39, 0.29) is 0 Å². The van der Waals surface area contributed by atoms with E-state index in [0.717, 1.165) is 0 Å². The molecule has 0 spiro atoms. The van der Waals surface area contributed by atoms with Crippen LogP contribution in [0.2, 0.25) is 0 Å². The summed E-state index contributed by atoms with van der Waals surface area (Å²) in [5, 5.41) is -0.530. The lowest BCUT2D eigenvalue weighted by Gasteiger charge is -2.08. The molecule has 0 heterocycles. The van der Waals surface area contributed by atoms with Gasteiger partial charge < -0.3 is 0 Å². The lowest BCUT2D eigenvalue weighted by molar-refractivity contribution is 0.591. The molecule has 2 nitrogen and oxygen atoms in total. The number of benzene rings is 1. The molecule has 0 aromatic heterocycles. The number of allylic oxidation sites excluding steroid dienone is 2. The third-order valence-electron chi connectivity index (χ3n) is 2.08. The van der Waals surface area contributed by atoms with E-state index in [2.05, 4.69) is 6.58 Å². The highest BCUT2D eigenvalue weighted by atomic mass is 32.2. The van der Waals surface area contributed by atoms with Gasteiger partial charge in [-0.1, -0.05) is 43.0 Å². The Morgan fingerprint density at radius 2 is 1.87 bits per heavy atom. The van der Waals surface area contributed by atoms with Crippen molar-refractivity contribution in [2.75, 3.05) is 0 Å². The molecule has 0 aliphatic carbocycles. The van der Waals surface area contributed by atoms with Crippen molar-refractivity contribution in [1.82, 2.24) is 0 Å². The van der Waals surface area contributed by atoms with E-state index < -0.39 is 15.1 Å². The van der Waals surface area contributed by atoms with Gasteiger partial charge in [0.2, 0.25) is 0 Å². The summed E-state index contributed by atoms with van der Waals surface area (Å²) in [6.45, 7) is 5.16. The minimum atomic E-state index is -3.25. The first kappa shape index (κ1) is 11.7. The maximum Gasteiger partial charge on any atom is 0.184 e. The van der Waals surface area contributed by atoms with Crippen molar-refractivity contribution < 1.29 is 8.42 Å². The van der Waals surface area contributed by atoms with Crippen LogP contribution in [-0.2, 0) is 9.84 Å². The lowest BCUT2D eigenvalue weighted by atomic mass is 10.4. The van der Waals surface area contributed by atoms with Crippen molar-refractivity contribution in [2.24, 2.45) is 0 Å². The highest BCUT2D eigenvalue weighted by Crippen LogP contribution is 2.16. The first-order chi connectivity index (χ1) is 7.09. The van der Waals surface area contributed by atoms with Crippen LogP contribution in [0, 0.1) is 0 Å². The van der Waals surface area contributed by atoms with Gasteiger partial charge in [0.15, 0.2) is 9.84 Å². The Morgan fingerprint density at radius 1 is 1.27 bits per heavy atom. The average molecular weight is 222 g/mol. The quantitative estimate of drug-likeness (QED) is 0.734. The van der Waals surface area contributed by atoms with Crippen LogP contribution in [0.1, 0.15) is 6.92 Å². The van der Waals surface area contributed by atoms with Gasteiger partial charge in [0.1, 0.15) is 0 Å². The minimum absolute atomic E-state index is 0.353. The van der Waals surface area contributed by atoms with Gasteiger partial charge in [-0.05, 0) is 19.1 Å². The Morgan fingerprint density at radius 3 is 2.40 bits per heavy atom. The predicted molar refractivity (Wildman–Crippen MR) is 62.4 cm³/mol. The highest BCUT2D eigenvalue weighted by Gasteiger charge is 2.19. The standard InChI is InChI=1S/C12H14O2S/c1-3-4-8-11(2)15(13,14)12-9-6-5-7-10-12/h3-11H,1H2,2H3/b8-4+. The molecule has 1 aromatic rings. The third kappa shape index (κ3) is 2.80. The summed E-state index contributed by atoms with van der Waals surface area (Å²) in [4.78, 5) is 0.353. The Bertz CT molecular complexity index is 444. The first-order valence-electron chi connectivity index (χ1n) is 4.67. The summed E-state index contributed by atoms with van der Waals surface area (Å²) in [5.41, 5.74) is 0. The summed E-state index contributed by atoms with van der Waals surface area (Å²) in [6, 6.07) is 8.44. The molecule has 0 radical (unpaired) electrons. The van der Waals surface area contributed by atoms with Gasteiger partial charge >= 0.3 is 0 Å². The maximum atomic E-state index is 12.0. The number of hydrogen-bond acceptors (Lipinski definition) is 2. The Balaban J connectivity index is 3.04. The van der Waals surface area contributed by atoms with Gasteiger partial charge in [0.05, 0.1) is 10.1 Å². The van der Waals surface area contributed by atoms with Crippen LogP contribution in [0.5, 0.6) is 0 Å². The van der Waals surface area contributed by atoms with Gasteiger partial charge in [-0.25, -0.2) is 8.42 Å². The summed E-state index contributed by atoms with van der Waals surface area (Å²) in [6.07, 6.45) is 4.83. The smallest absolute Gasteiger partial charge is 0.184 e. The monoisotopic (exact) mass is 222 g/mol. The van der Waals surface area contributed by atoms with E-state index in [9.17, 15) is 8.42 Å².